The highest BCUT2D eigenvalue weighted by Gasteiger charge is 2.37. The van der Waals surface area contributed by atoms with E-state index in [9.17, 15) is 9.59 Å². The van der Waals surface area contributed by atoms with E-state index in [2.05, 4.69) is 5.27 Å². The van der Waals surface area contributed by atoms with E-state index in [4.69, 9.17) is 18.7 Å². The molecule has 0 bridgehead atoms. The summed E-state index contributed by atoms with van der Waals surface area (Å²) in [5.74, 6) is 1.52. The second-order valence-corrected chi connectivity index (χ2v) is 7.19. The summed E-state index contributed by atoms with van der Waals surface area (Å²) in [5, 5.41) is 2.62. The lowest BCUT2D eigenvalue weighted by Gasteiger charge is -2.20. The molecule has 31 heavy (non-hydrogen) atoms. The summed E-state index contributed by atoms with van der Waals surface area (Å²) < 4.78 is 22.3. The van der Waals surface area contributed by atoms with E-state index in [0.29, 0.717) is 34.2 Å². The standard InChI is InChI=1S/C22H23N3O6/c1-28-17-9-7-16(8-10-17)25-18(22(27)31-23-25)13-24(15-5-6-15)21(26)14-4-11-19(29-2)20(12-14)30-3/h4,7-12,15H,5-6,13H2,1-3H3/p+1. The van der Waals surface area contributed by atoms with Crippen LogP contribution in [0.15, 0.2) is 51.8 Å². The van der Waals surface area contributed by atoms with Crippen LogP contribution in [0.25, 0.3) is 5.69 Å². The smallest absolute Gasteiger partial charge is 0.432 e. The molecule has 1 fully saturated rings. The third kappa shape index (κ3) is 4.11. The number of nitrogens with one attached hydrogen (secondary N) is 1. The molecule has 0 spiro atoms. The third-order valence-electron chi connectivity index (χ3n) is 5.26. The van der Waals surface area contributed by atoms with Gasteiger partial charge in [0, 0.05) is 23.7 Å². The summed E-state index contributed by atoms with van der Waals surface area (Å²) >= 11 is 0. The first kappa shape index (κ1) is 20.5. The lowest BCUT2D eigenvalue weighted by atomic mass is 10.1. The monoisotopic (exact) mass is 426 g/mol. The second-order valence-electron chi connectivity index (χ2n) is 7.19. The molecule has 1 heterocycles. The molecule has 1 N–H and O–H groups in total. The Morgan fingerprint density at radius 1 is 1.06 bits per heavy atom. The predicted octanol–water partition coefficient (Wildman–Crippen LogP) is 2.08. The number of H-pyrrole nitrogens is 1. The van der Waals surface area contributed by atoms with E-state index >= 15 is 0 Å². The summed E-state index contributed by atoms with van der Waals surface area (Å²) in [6.07, 6.45) is 1.77. The lowest BCUT2D eigenvalue weighted by molar-refractivity contribution is -0.678. The highest BCUT2D eigenvalue weighted by molar-refractivity contribution is 5.95. The van der Waals surface area contributed by atoms with Crippen LogP contribution in [0, 0.1) is 0 Å². The fourth-order valence-corrected chi connectivity index (χ4v) is 3.42. The van der Waals surface area contributed by atoms with Gasteiger partial charge in [-0.25, -0.2) is 4.79 Å². The number of hydrogen-bond donors (Lipinski definition) is 1. The fraction of sp³-hybridized carbons (Fsp3) is 0.318. The SMILES string of the molecule is COc1ccc(-[n+]2[nH]oc(=O)c2CN(C(=O)c2ccc(OC)c(OC)c2)C2CC2)cc1. The van der Waals surface area contributed by atoms with Crippen molar-refractivity contribution in [3.05, 3.63) is 64.1 Å². The molecule has 0 unspecified atom stereocenters. The van der Waals surface area contributed by atoms with Crippen LogP contribution >= 0.6 is 0 Å². The van der Waals surface area contributed by atoms with Crippen molar-refractivity contribution >= 4 is 5.91 Å². The maximum absolute atomic E-state index is 13.3. The molecule has 9 nitrogen and oxygen atoms in total. The van der Waals surface area contributed by atoms with Crippen molar-refractivity contribution in [2.24, 2.45) is 0 Å². The van der Waals surface area contributed by atoms with Gasteiger partial charge in [-0.3, -0.25) is 9.32 Å². The number of methoxy groups -OCH3 is 3. The Balaban J connectivity index is 1.65. The van der Waals surface area contributed by atoms with Crippen molar-refractivity contribution in [1.29, 1.82) is 0 Å². The van der Waals surface area contributed by atoms with Gasteiger partial charge in [-0.15, -0.1) is 0 Å². The fourth-order valence-electron chi connectivity index (χ4n) is 3.42. The van der Waals surface area contributed by atoms with Crippen molar-refractivity contribution in [3.8, 4) is 22.9 Å². The molecule has 1 aliphatic carbocycles. The summed E-state index contributed by atoms with van der Waals surface area (Å²) in [4.78, 5) is 27.5. The van der Waals surface area contributed by atoms with E-state index in [0.717, 1.165) is 12.8 Å². The van der Waals surface area contributed by atoms with Crippen LogP contribution in [-0.4, -0.2) is 43.4 Å². The van der Waals surface area contributed by atoms with Crippen molar-refractivity contribution in [3.63, 3.8) is 0 Å². The quantitative estimate of drug-likeness (QED) is 0.554. The highest BCUT2D eigenvalue weighted by atomic mass is 16.5. The summed E-state index contributed by atoms with van der Waals surface area (Å²) in [5.41, 5.74) is 0.948. The van der Waals surface area contributed by atoms with E-state index in [1.165, 1.54) is 7.11 Å². The van der Waals surface area contributed by atoms with Crippen molar-refractivity contribution < 1.29 is 28.2 Å². The molecule has 1 aliphatic rings. The molecule has 1 saturated carbocycles. The van der Waals surface area contributed by atoms with Crippen LogP contribution < -0.4 is 24.5 Å². The third-order valence-corrected chi connectivity index (χ3v) is 5.26. The van der Waals surface area contributed by atoms with Crippen molar-refractivity contribution in [2.75, 3.05) is 21.3 Å². The number of benzene rings is 2. The van der Waals surface area contributed by atoms with Crippen LogP contribution in [0.1, 0.15) is 28.9 Å². The minimum absolute atomic E-state index is 0.0687. The van der Waals surface area contributed by atoms with Crippen molar-refractivity contribution in [1.82, 2.24) is 10.2 Å². The lowest BCUT2D eigenvalue weighted by Crippen LogP contribution is -2.43. The van der Waals surface area contributed by atoms with Gasteiger partial charge in [0.2, 0.25) is 5.69 Å². The van der Waals surface area contributed by atoms with Gasteiger partial charge in [0.15, 0.2) is 11.5 Å². The molecule has 4 rings (SSSR count). The van der Waals surface area contributed by atoms with Crippen LogP contribution in [0.3, 0.4) is 0 Å². The van der Waals surface area contributed by atoms with E-state index in [-0.39, 0.29) is 18.5 Å². The van der Waals surface area contributed by atoms with Gasteiger partial charge >= 0.3 is 11.3 Å². The van der Waals surface area contributed by atoms with E-state index < -0.39 is 5.63 Å². The molecule has 9 heteroatoms. The predicted molar refractivity (Wildman–Crippen MR) is 110 cm³/mol. The molecule has 1 amide bonds. The van der Waals surface area contributed by atoms with Gasteiger partial charge in [-0.2, -0.15) is 0 Å². The molecular formula is C22H24N3O6+. The van der Waals surface area contributed by atoms with Crippen LogP contribution in [0.4, 0.5) is 0 Å². The van der Waals surface area contributed by atoms with Crippen LogP contribution in [-0.2, 0) is 6.54 Å². The average Bonchev–Trinajstić information content (AvgIpc) is 3.59. The van der Waals surface area contributed by atoms with Gasteiger partial charge in [0.25, 0.3) is 5.91 Å². The van der Waals surface area contributed by atoms with Gasteiger partial charge in [0.05, 0.1) is 21.3 Å². The Hall–Kier alpha value is -3.75. The molecule has 2 aromatic carbocycles. The first-order chi connectivity index (χ1) is 15.0. The minimum atomic E-state index is -0.526. The largest absolute Gasteiger partial charge is 0.497 e. The number of ether oxygens (including phenoxy) is 3. The zero-order valence-corrected chi connectivity index (χ0v) is 17.6. The molecule has 0 aliphatic heterocycles. The number of aromatic amines is 1. The summed E-state index contributed by atoms with van der Waals surface area (Å²) in [6, 6.07) is 12.3. The molecule has 3 aromatic rings. The van der Waals surface area contributed by atoms with Gasteiger partial charge in [-0.05, 0) is 53.1 Å². The Morgan fingerprint density at radius 3 is 2.39 bits per heavy atom. The van der Waals surface area contributed by atoms with Gasteiger partial charge in [0.1, 0.15) is 12.3 Å². The van der Waals surface area contributed by atoms with E-state index in [1.54, 1.807) is 66.3 Å². The molecule has 1 aromatic heterocycles. The van der Waals surface area contributed by atoms with Crippen LogP contribution in [0.2, 0.25) is 0 Å². The first-order valence-electron chi connectivity index (χ1n) is 9.85. The number of amides is 1. The maximum Gasteiger partial charge on any atom is 0.432 e. The average molecular weight is 426 g/mol. The number of nitrogens with zero attached hydrogens (tertiary/aromatic N) is 2. The highest BCUT2D eigenvalue weighted by Crippen LogP contribution is 2.32. The van der Waals surface area contributed by atoms with Crippen LogP contribution in [0.5, 0.6) is 17.2 Å². The Bertz CT molecular complexity index is 1130. The number of carbonyl (C=O) groups is 1. The molecular weight excluding hydrogens is 402 g/mol. The maximum atomic E-state index is 13.3. The number of rotatable bonds is 8. The number of hydrogen-bond acceptors (Lipinski definition) is 6. The van der Waals surface area contributed by atoms with E-state index in [1.807, 2.05) is 0 Å². The summed E-state index contributed by atoms with van der Waals surface area (Å²) in [6.45, 7) is 0.107. The molecule has 162 valence electrons. The Labute approximate surface area is 178 Å². The second kappa shape index (κ2) is 8.55. The number of carbonyl (C=O) groups excluding carboxylic acids is 1. The zero-order chi connectivity index (χ0) is 22.0. The number of aromatic nitrogens is 2. The minimum Gasteiger partial charge on any atom is -0.497 e. The molecule has 0 atom stereocenters. The zero-order valence-electron chi connectivity index (χ0n) is 17.6. The molecule has 0 radical (unpaired) electrons. The van der Waals surface area contributed by atoms with Gasteiger partial charge in [-0.1, -0.05) is 0 Å². The normalized spacial score (nSPS) is 13.0. The topological polar surface area (TPSA) is 97.9 Å². The first-order valence-corrected chi connectivity index (χ1v) is 9.85. The summed E-state index contributed by atoms with van der Waals surface area (Å²) in [7, 11) is 4.65. The Kier molecular flexibility index (Phi) is 5.66. The van der Waals surface area contributed by atoms with Crippen molar-refractivity contribution in [2.45, 2.75) is 25.4 Å². The van der Waals surface area contributed by atoms with Gasteiger partial charge < -0.3 is 19.1 Å². The molecule has 0 saturated heterocycles. The Morgan fingerprint density at radius 2 is 1.77 bits per heavy atom.